The number of hydrazine groups is 1. The Labute approximate surface area is 71.8 Å². The summed E-state index contributed by atoms with van der Waals surface area (Å²) in [5.41, 5.74) is 2.31. The molecule has 0 spiro atoms. The SMILES string of the molecule is CN=C(NN)NCC(=O)N(C)C. The summed E-state index contributed by atoms with van der Waals surface area (Å²) < 4.78 is 0. The van der Waals surface area contributed by atoms with Crippen LogP contribution in [0.3, 0.4) is 0 Å². The quantitative estimate of drug-likeness (QED) is 0.197. The molecule has 0 aliphatic heterocycles. The van der Waals surface area contributed by atoms with Crippen molar-refractivity contribution in [1.82, 2.24) is 15.6 Å². The number of amides is 1. The third kappa shape index (κ3) is 3.77. The first-order valence-electron chi connectivity index (χ1n) is 3.49. The molecule has 6 nitrogen and oxygen atoms in total. The van der Waals surface area contributed by atoms with Gasteiger partial charge in [0, 0.05) is 21.1 Å². The largest absolute Gasteiger partial charge is 0.347 e. The Morgan fingerprint density at radius 2 is 2.17 bits per heavy atom. The van der Waals surface area contributed by atoms with Crippen molar-refractivity contribution in [3.05, 3.63) is 0 Å². The van der Waals surface area contributed by atoms with Gasteiger partial charge < -0.3 is 10.2 Å². The molecule has 0 fully saturated rings. The van der Waals surface area contributed by atoms with Gasteiger partial charge in [0.05, 0.1) is 6.54 Å². The van der Waals surface area contributed by atoms with Crippen molar-refractivity contribution in [1.29, 1.82) is 0 Å². The molecule has 12 heavy (non-hydrogen) atoms. The zero-order chi connectivity index (χ0) is 9.56. The Morgan fingerprint density at radius 3 is 2.50 bits per heavy atom. The first kappa shape index (κ1) is 10.7. The number of likely N-dealkylation sites (N-methyl/N-ethyl adjacent to an activating group) is 1. The molecular weight excluding hydrogens is 158 g/mol. The lowest BCUT2D eigenvalue weighted by atomic mass is 10.5. The molecule has 0 radical (unpaired) electrons. The predicted molar refractivity (Wildman–Crippen MR) is 47.4 cm³/mol. The minimum absolute atomic E-state index is 0.0357. The number of nitrogens with zero attached hydrogens (tertiary/aromatic N) is 2. The van der Waals surface area contributed by atoms with Crippen molar-refractivity contribution in [3.63, 3.8) is 0 Å². The summed E-state index contributed by atoms with van der Waals surface area (Å²) in [6.45, 7) is 0.184. The van der Waals surface area contributed by atoms with E-state index >= 15 is 0 Å². The molecule has 0 rings (SSSR count). The van der Waals surface area contributed by atoms with E-state index in [-0.39, 0.29) is 12.5 Å². The standard InChI is InChI=1S/C6H15N5O/c1-8-6(10-7)9-4-5(12)11(2)3/h4,7H2,1-3H3,(H2,8,9,10). The molecule has 6 heteroatoms. The number of carbonyl (C=O) groups is 1. The van der Waals surface area contributed by atoms with Crippen molar-refractivity contribution >= 4 is 11.9 Å². The van der Waals surface area contributed by atoms with E-state index in [1.54, 1.807) is 21.1 Å². The summed E-state index contributed by atoms with van der Waals surface area (Å²) in [5.74, 6) is 5.44. The summed E-state index contributed by atoms with van der Waals surface area (Å²) in [6, 6.07) is 0. The highest BCUT2D eigenvalue weighted by Crippen LogP contribution is 1.75. The van der Waals surface area contributed by atoms with Crippen LogP contribution in [0.5, 0.6) is 0 Å². The molecule has 0 heterocycles. The number of hydrogen-bond acceptors (Lipinski definition) is 3. The zero-order valence-electron chi connectivity index (χ0n) is 7.59. The summed E-state index contributed by atoms with van der Waals surface area (Å²) >= 11 is 0. The zero-order valence-corrected chi connectivity index (χ0v) is 7.59. The lowest BCUT2D eigenvalue weighted by Gasteiger charge is -2.12. The molecular formula is C6H15N5O. The average molecular weight is 173 g/mol. The summed E-state index contributed by atoms with van der Waals surface area (Å²) in [7, 11) is 4.94. The van der Waals surface area contributed by atoms with Crippen LogP contribution in [0.2, 0.25) is 0 Å². The second-order valence-electron chi connectivity index (χ2n) is 2.36. The van der Waals surface area contributed by atoms with Crippen LogP contribution in [0.15, 0.2) is 4.99 Å². The summed E-state index contributed by atoms with van der Waals surface area (Å²) in [6.07, 6.45) is 0. The van der Waals surface area contributed by atoms with Gasteiger partial charge >= 0.3 is 0 Å². The van der Waals surface area contributed by atoms with E-state index in [1.807, 2.05) is 0 Å². The lowest BCUT2D eigenvalue weighted by Crippen LogP contribution is -2.45. The Balaban J connectivity index is 3.75. The number of nitrogens with two attached hydrogens (primary N) is 1. The maximum Gasteiger partial charge on any atom is 0.241 e. The second-order valence-corrected chi connectivity index (χ2v) is 2.36. The molecule has 0 saturated carbocycles. The fraction of sp³-hybridized carbons (Fsp3) is 0.667. The van der Waals surface area contributed by atoms with Crippen molar-refractivity contribution in [3.8, 4) is 0 Å². The molecule has 1 amide bonds. The minimum Gasteiger partial charge on any atom is -0.347 e. The van der Waals surface area contributed by atoms with Crippen LogP contribution in [-0.4, -0.2) is 44.5 Å². The molecule has 70 valence electrons. The van der Waals surface area contributed by atoms with Gasteiger partial charge in [-0.15, -0.1) is 0 Å². The maximum atomic E-state index is 11.0. The van der Waals surface area contributed by atoms with Crippen molar-refractivity contribution in [2.24, 2.45) is 10.8 Å². The normalized spacial score (nSPS) is 10.8. The maximum absolute atomic E-state index is 11.0. The number of nitrogens with one attached hydrogen (secondary N) is 2. The first-order valence-corrected chi connectivity index (χ1v) is 3.49. The van der Waals surface area contributed by atoms with E-state index in [9.17, 15) is 4.79 Å². The Hall–Kier alpha value is -1.30. The molecule has 0 aromatic rings. The van der Waals surface area contributed by atoms with Gasteiger partial charge in [0.1, 0.15) is 0 Å². The Morgan fingerprint density at radius 1 is 1.58 bits per heavy atom. The molecule has 0 aromatic heterocycles. The molecule has 0 unspecified atom stereocenters. The average Bonchev–Trinajstić information content (AvgIpc) is 2.05. The number of rotatable bonds is 2. The number of hydrogen-bond donors (Lipinski definition) is 3. The lowest BCUT2D eigenvalue weighted by molar-refractivity contribution is -0.127. The molecule has 4 N–H and O–H groups in total. The highest BCUT2D eigenvalue weighted by Gasteiger charge is 2.03. The van der Waals surface area contributed by atoms with Gasteiger partial charge in [0.25, 0.3) is 0 Å². The molecule has 0 saturated heterocycles. The Bertz CT molecular complexity index is 177. The predicted octanol–water partition coefficient (Wildman–Crippen LogP) is -1.89. The number of carbonyl (C=O) groups excluding carboxylic acids is 1. The first-order chi connectivity index (χ1) is 5.61. The van der Waals surface area contributed by atoms with E-state index in [0.717, 1.165) is 0 Å². The van der Waals surface area contributed by atoms with E-state index < -0.39 is 0 Å². The number of aliphatic imine (C=N–C) groups is 1. The van der Waals surface area contributed by atoms with Crippen LogP contribution in [0, 0.1) is 0 Å². The molecule has 0 atom stereocenters. The van der Waals surface area contributed by atoms with Crippen LogP contribution >= 0.6 is 0 Å². The molecule has 0 aliphatic rings. The van der Waals surface area contributed by atoms with Gasteiger partial charge in [-0.2, -0.15) is 0 Å². The van der Waals surface area contributed by atoms with Gasteiger partial charge in [-0.3, -0.25) is 15.2 Å². The van der Waals surface area contributed by atoms with E-state index in [1.165, 1.54) is 4.90 Å². The van der Waals surface area contributed by atoms with Crippen molar-refractivity contribution < 1.29 is 4.79 Å². The Kier molecular flexibility index (Phi) is 4.78. The van der Waals surface area contributed by atoms with Crippen LogP contribution in [0.25, 0.3) is 0 Å². The number of guanidine groups is 1. The monoisotopic (exact) mass is 173 g/mol. The molecule has 0 aliphatic carbocycles. The third-order valence-corrected chi connectivity index (χ3v) is 1.27. The van der Waals surface area contributed by atoms with Crippen LogP contribution in [0.4, 0.5) is 0 Å². The van der Waals surface area contributed by atoms with E-state index in [4.69, 9.17) is 5.84 Å². The van der Waals surface area contributed by atoms with Gasteiger partial charge in [-0.1, -0.05) is 0 Å². The van der Waals surface area contributed by atoms with E-state index in [2.05, 4.69) is 15.7 Å². The topological polar surface area (TPSA) is 82.7 Å². The van der Waals surface area contributed by atoms with Gasteiger partial charge in [-0.05, 0) is 0 Å². The van der Waals surface area contributed by atoms with Crippen LogP contribution in [0.1, 0.15) is 0 Å². The second kappa shape index (κ2) is 5.36. The molecule has 0 aromatic carbocycles. The fourth-order valence-electron chi connectivity index (χ4n) is 0.512. The van der Waals surface area contributed by atoms with Crippen molar-refractivity contribution in [2.45, 2.75) is 0 Å². The fourth-order valence-corrected chi connectivity index (χ4v) is 0.512. The highest BCUT2D eigenvalue weighted by molar-refractivity contribution is 5.85. The van der Waals surface area contributed by atoms with Crippen LogP contribution in [-0.2, 0) is 4.79 Å². The summed E-state index contributed by atoms with van der Waals surface area (Å²) in [5, 5.41) is 2.72. The molecule has 0 bridgehead atoms. The van der Waals surface area contributed by atoms with E-state index in [0.29, 0.717) is 5.96 Å². The van der Waals surface area contributed by atoms with Gasteiger partial charge in [0.15, 0.2) is 0 Å². The van der Waals surface area contributed by atoms with Crippen LogP contribution < -0.4 is 16.6 Å². The van der Waals surface area contributed by atoms with Crippen molar-refractivity contribution in [2.75, 3.05) is 27.7 Å². The van der Waals surface area contributed by atoms with Gasteiger partial charge in [0.2, 0.25) is 11.9 Å². The smallest absolute Gasteiger partial charge is 0.241 e. The minimum atomic E-state index is -0.0357. The third-order valence-electron chi connectivity index (χ3n) is 1.27. The highest BCUT2D eigenvalue weighted by atomic mass is 16.2. The summed E-state index contributed by atoms with van der Waals surface area (Å²) in [4.78, 5) is 16.2. The van der Waals surface area contributed by atoms with Gasteiger partial charge in [-0.25, -0.2) is 5.84 Å².